The monoisotopic (exact) mass is 305 g/mol. The van der Waals surface area contributed by atoms with Crippen LogP contribution in [-0.4, -0.2) is 5.91 Å². The fourth-order valence-electron chi connectivity index (χ4n) is 1.40. The van der Waals surface area contributed by atoms with Gasteiger partial charge in [-0.2, -0.15) is 0 Å². The molecule has 2 rings (SSSR count). The van der Waals surface area contributed by atoms with Gasteiger partial charge in [-0.25, -0.2) is 0 Å². The first-order valence-corrected chi connectivity index (χ1v) is 6.24. The van der Waals surface area contributed by atoms with Gasteiger partial charge in [0.25, 0.3) is 0 Å². The molecule has 18 heavy (non-hydrogen) atoms. The Morgan fingerprint density at radius 2 is 1.94 bits per heavy atom. The summed E-state index contributed by atoms with van der Waals surface area (Å²) in [6.07, 6.45) is 3.05. The van der Waals surface area contributed by atoms with Gasteiger partial charge in [0.15, 0.2) is 4.67 Å². The summed E-state index contributed by atoms with van der Waals surface area (Å²) < 4.78 is 5.89. The molecule has 1 heterocycles. The molecule has 1 aromatic carbocycles. The summed E-state index contributed by atoms with van der Waals surface area (Å²) in [7, 11) is 0. The minimum Gasteiger partial charge on any atom is -0.450 e. The first kappa shape index (κ1) is 12.6. The van der Waals surface area contributed by atoms with E-state index in [1.54, 1.807) is 18.2 Å². The number of amides is 1. The first-order chi connectivity index (χ1) is 8.63. The number of carbonyl (C=O) groups excluding carboxylic acids is 1. The molecule has 92 valence electrons. The van der Waals surface area contributed by atoms with Crippen LogP contribution in [0.25, 0.3) is 6.08 Å². The number of anilines is 1. The molecule has 0 radical (unpaired) electrons. The van der Waals surface area contributed by atoms with Crippen LogP contribution in [0.4, 0.5) is 5.69 Å². The lowest BCUT2D eigenvalue weighted by Gasteiger charge is -2.01. The molecule has 1 amide bonds. The normalized spacial score (nSPS) is 10.8. The van der Waals surface area contributed by atoms with E-state index >= 15 is 0 Å². The molecular weight excluding hydrogens is 294 g/mol. The maximum absolute atomic E-state index is 11.6. The minimum atomic E-state index is -0.189. The van der Waals surface area contributed by atoms with Crippen molar-refractivity contribution >= 4 is 33.6 Å². The average molecular weight is 306 g/mol. The number of benzene rings is 1. The second-order valence-corrected chi connectivity index (χ2v) is 4.61. The Hall–Kier alpha value is -1.81. The van der Waals surface area contributed by atoms with E-state index in [0.29, 0.717) is 10.4 Å². The van der Waals surface area contributed by atoms with E-state index in [9.17, 15) is 4.79 Å². The maximum atomic E-state index is 11.6. The van der Waals surface area contributed by atoms with E-state index < -0.39 is 0 Å². The third kappa shape index (κ3) is 3.60. The van der Waals surface area contributed by atoms with Crippen molar-refractivity contribution in [3.63, 3.8) is 0 Å². The number of carbonyl (C=O) groups is 1. The topological polar surface area (TPSA) is 42.2 Å². The quantitative estimate of drug-likeness (QED) is 0.871. The number of nitrogens with one attached hydrogen (secondary N) is 1. The molecule has 1 N–H and O–H groups in total. The molecular formula is C14H12BrNO2. The minimum absolute atomic E-state index is 0.189. The Labute approximate surface area is 114 Å². The van der Waals surface area contributed by atoms with E-state index in [1.807, 2.05) is 31.2 Å². The molecule has 0 atom stereocenters. The Morgan fingerprint density at radius 1 is 1.22 bits per heavy atom. The summed E-state index contributed by atoms with van der Waals surface area (Å²) in [5.41, 5.74) is 1.93. The fraction of sp³-hybridized carbons (Fsp3) is 0.0714. The molecule has 0 saturated carbocycles. The molecule has 0 aliphatic rings. The van der Waals surface area contributed by atoms with Gasteiger partial charge in [0.1, 0.15) is 5.76 Å². The van der Waals surface area contributed by atoms with Crippen LogP contribution in [0.3, 0.4) is 0 Å². The predicted molar refractivity (Wildman–Crippen MR) is 75.3 cm³/mol. The number of hydrogen-bond donors (Lipinski definition) is 1. The molecule has 2 aromatic rings. The third-order valence-corrected chi connectivity index (χ3v) is 2.74. The number of halogens is 1. The van der Waals surface area contributed by atoms with E-state index in [2.05, 4.69) is 21.2 Å². The van der Waals surface area contributed by atoms with Gasteiger partial charge in [0.2, 0.25) is 5.91 Å². The summed E-state index contributed by atoms with van der Waals surface area (Å²) >= 11 is 3.20. The predicted octanol–water partition coefficient (Wildman–Crippen LogP) is 4.00. The van der Waals surface area contributed by atoms with Crippen molar-refractivity contribution in [2.24, 2.45) is 0 Å². The van der Waals surface area contributed by atoms with Crippen molar-refractivity contribution in [2.45, 2.75) is 6.92 Å². The van der Waals surface area contributed by atoms with Crippen molar-refractivity contribution < 1.29 is 9.21 Å². The molecule has 0 spiro atoms. The fourth-order valence-corrected chi connectivity index (χ4v) is 1.72. The molecule has 1 aromatic heterocycles. The van der Waals surface area contributed by atoms with Crippen molar-refractivity contribution in [1.29, 1.82) is 0 Å². The smallest absolute Gasteiger partial charge is 0.248 e. The van der Waals surface area contributed by atoms with E-state index in [-0.39, 0.29) is 5.91 Å². The van der Waals surface area contributed by atoms with Crippen LogP contribution in [-0.2, 0) is 4.79 Å². The highest BCUT2D eigenvalue weighted by Crippen LogP contribution is 2.15. The second-order valence-electron chi connectivity index (χ2n) is 3.83. The largest absolute Gasteiger partial charge is 0.450 e. The highest BCUT2D eigenvalue weighted by molar-refractivity contribution is 9.10. The summed E-state index contributed by atoms with van der Waals surface area (Å²) in [5.74, 6) is 0.437. The van der Waals surface area contributed by atoms with Gasteiger partial charge in [0, 0.05) is 11.8 Å². The third-order valence-electron chi connectivity index (χ3n) is 2.31. The molecule has 0 bridgehead atoms. The van der Waals surface area contributed by atoms with Gasteiger partial charge in [-0.05, 0) is 53.2 Å². The molecule has 3 nitrogen and oxygen atoms in total. The number of aryl methyl sites for hydroxylation is 1. The summed E-state index contributed by atoms with van der Waals surface area (Å²) in [5, 5.41) is 2.77. The van der Waals surface area contributed by atoms with Gasteiger partial charge < -0.3 is 9.73 Å². The summed E-state index contributed by atoms with van der Waals surface area (Å²) in [4.78, 5) is 11.6. The van der Waals surface area contributed by atoms with Crippen LogP contribution >= 0.6 is 15.9 Å². The second kappa shape index (κ2) is 5.69. The lowest BCUT2D eigenvalue weighted by atomic mass is 10.2. The number of rotatable bonds is 3. The van der Waals surface area contributed by atoms with Crippen LogP contribution in [0.2, 0.25) is 0 Å². The van der Waals surface area contributed by atoms with E-state index in [0.717, 1.165) is 11.3 Å². The van der Waals surface area contributed by atoms with Gasteiger partial charge in [-0.1, -0.05) is 17.7 Å². The van der Waals surface area contributed by atoms with Crippen molar-refractivity contribution in [1.82, 2.24) is 0 Å². The van der Waals surface area contributed by atoms with Gasteiger partial charge in [-0.15, -0.1) is 0 Å². The van der Waals surface area contributed by atoms with Crippen molar-refractivity contribution in [2.75, 3.05) is 5.32 Å². The van der Waals surface area contributed by atoms with E-state index in [4.69, 9.17) is 4.42 Å². The van der Waals surface area contributed by atoms with E-state index in [1.165, 1.54) is 6.08 Å². The van der Waals surface area contributed by atoms with Gasteiger partial charge >= 0.3 is 0 Å². The Balaban J connectivity index is 1.96. The number of furan rings is 1. The molecule has 0 aliphatic carbocycles. The lowest BCUT2D eigenvalue weighted by Crippen LogP contribution is -2.07. The molecule has 0 aliphatic heterocycles. The first-order valence-electron chi connectivity index (χ1n) is 5.44. The summed E-state index contributed by atoms with van der Waals surface area (Å²) in [6.45, 7) is 2.00. The standard InChI is InChI=1S/C14H12BrNO2/c1-10-2-4-11(5-3-10)16-14(17)9-7-12-6-8-13(15)18-12/h2-9H,1H3,(H,16,17)/b9-7+. The van der Waals surface area contributed by atoms with Crippen LogP contribution < -0.4 is 5.32 Å². The molecule has 0 unspecified atom stereocenters. The zero-order valence-corrected chi connectivity index (χ0v) is 11.4. The van der Waals surface area contributed by atoms with Gasteiger partial charge in [-0.3, -0.25) is 4.79 Å². The SMILES string of the molecule is Cc1ccc(NC(=O)/C=C/c2ccc(Br)o2)cc1. The molecule has 0 saturated heterocycles. The average Bonchev–Trinajstić information content (AvgIpc) is 2.76. The maximum Gasteiger partial charge on any atom is 0.248 e. The van der Waals surface area contributed by atoms with Crippen LogP contribution in [0.5, 0.6) is 0 Å². The summed E-state index contributed by atoms with van der Waals surface area (Å²) in [6, 6.07) is 11.2. The zero-order valence-electron chi connectivity index (χ0n) is 9.81. The lowest BCUT2D eigenvalue weighted by molar-refractivity contribution is -0.111. The number of hydrogen-bond acceptors (Lipinski definition) is 2. The van der Waals surface area contributed by atoms with Crippen molar-refractivity contribution in [3.8, 4) is 0 Å². The van der Waals surface area contributed by atoms with Gasteiger partial charge in [0.05, 0.1) is 0 Å². The van der Waals surface area contributed by atoms with Crippen LogP contribution in [0.15, 0.2) is 51.6 Å². The van der Waals surface area contributed by atoms with Crippen molar-refractivity contribution in [3.05, 3.63) is 58.5 Å². The van der Waals surface area contributed by atoms with Crippen LogP contribution in [0, 0.1) is 6.92 Å². The molecule has 0 fully saturated rings. The Morgan fingerprint density at radius 3 is 2.56 bits per heavy atom. The zero-order chi connectivity index (χ0) is 13.0. The Bertz CT molecular complexity index is 570. The highest BCUT2D eigenvalue weighted by atomic mass is 79.9. The Kier molecular flexibility index (Phi) is 3.99. The highest BCUT2D eigenvalue weighted by Gasteiger charge is 1.99. The molecule has 4 heteroatoms. The van der Waals surface area contributed by atoms with Crippen LogP contribution in [0.1, 0.15) is 11.3 Å².